The van der Waals surface area contributed by atoms with Crippen molar-refractivity contribution >= 4 is 44.5 Å². The van der Waals surface area contributed by atoms with Crippen molar-refractivity contribution in [3.63, 3.8) is 0 Å². The molecule has 2 aromatic carbocycles. The van der Waals surface area contributed by atoms with Gasteiger partial charge in [-0.15, -0.1) is 0 Å². The highest BCUT2D eigenvalue weighted by Gasteiger charge is 2.23. The van der Waals surface area contributed by atoms with E-state index in [9.17, 15) is 9.59 Å². The van der Waals surface area contributed by atoms with Crippen LogP contribution in [0.15, 0.2) is 71.5 Å². The highest BCUT2D eigenvalue weighted by molar-refractivity contribution is 9.10. The first-order valence-electron chi connectivity index (χ1n) is 9.71. The number of pyridine rings is 1. The van der Waals surface area contributed by atoms with Gasteiger partial charge in [-0.25, -0.2) is 9.78 Å². The molecule has 0 aliphatic rings. The molecule has 0 radical (unpaired) electrons. The zero-order valence-corrected chi connectivity index (χ0v) is 18.2. The van der Waals surface area contributed by atoms with Gasteiger partial charge in [-0.1, -0.05) is 19.1 Å². The molecule has 156 valence electrons. The molecule has 4 rings (SSSR count). The maximum atomic E-state index is 12.7. The van der Waals surface area contributed by atoms with Crippen molar-refractivity contribution in [2.75, 3.05) is 5.32 Å². The van der Waals surface area contributed by atoms with E-state index in [0.29, 0.717) is 34.5 Å². The summed E-state index contributed by atoms with van der Waals surface area (Å²) < 4.78 is 6.24. The largest absolute Gasteiger partial charge is 0.449 e. The van der Waals surface area contributed by atoms with E-state index in [1.165, 1.54) is 0 Å². The molecule has 4 aromatic rings. The van der Waals surface area contributed by atoms with Gasteiger partial charge >= 0.3 is 5.97 Å². The molecule has 2 N–H and O–H groups in total. The number of aromatic amines is 1. The average molecular weight is 479 g/mol. The fourth-order valence-electron chi connectivity index (χ4n) is 3.07. The van der Waals surface area contributed by atoms with Gasteiger partial charge < -0.3 is 15.0 Å². The summed E-state index contributed by atoms with van der Waals surface area (Å²) in [5.74, 6) is -0.300. The van der Waals surface area contributed by atoms with E-state index in [4.69, 9.17) is 4.74 Å². The lowest BCUT2D eigenvalue weighted by Gasteiger charge is -2.16. The number of para-hydroxylation sites is 1. The number of esters is 1. The van der Waals surface area contributed by atoms with Crippen molar-refractivity contribution in [1.29, 1.82) is 0 Å². The lowest BCUT2D eigenvalue weighted by atomic mass is 10.2. The fourth-order valence-corrected chi connectivity index (χ4v) is 3.46. The summed E-state index contributed by atoms with van der Waals surface area (Å²) in [6.45, 7) is 1.79. The van der Waals surface area contributed by atoms with Crippen LogP contribution in [0.1, 0.15) is 23.7 Å². The van der Waals surface area contributed by atoms with Crippen LogP contribution >= 0.6 is 15.9 Å². The molecular formula is C23H19BrN4O3. The number of rotatable bonds is 6. The topological polar surface area (TPSA) is 97.0 Å². The predicted molar refractivity (Wildman–Crippen MR) is 122 cm³/mol. The lowest BCUT2D eigenvalue weighted by Crippen LogP contribution is -2.32. The number of imidazole rings is 1. The first-order valence-corrected chi connectivity index (χ1v) is 10.5. The Morgan fingerprint density at radius 2 is 2.00 bits per heavy atom. The Hall–Kier alpha value is -3.52. The summed E-state index contributed by atoms with van der Waals surface area (Å²) in [5, 5.41) is 2.78. The van der Waals surface area contributed by atoms with Crippen molar-refractivity contribution in [2.45, 2.75) is 19.4 Å². The number of carbonyl (C=O) groups is 2. The number of carbonyl (C=O) groups excluding carboxylic acids is 2. The standard InChI is InChI=1S/C23H19BrN4O3/c1-2-20(22(29)28-17-8-4-3-7-16(17)24)31-23(30)14-9-10-18-19(12-14)27-21(26-18)15-6-5-11-25-13-15/h3-13,20H,2H2,1H3,(H,26,27)(H,28,29). The third kappa shape index (κ3) is 4.64. The van der Waals surface area contributed by atoms with E-state index in [2.05, 4.69) is 36.2 Å². The Morgan fingerprint density at radius 3 is 2.74 bits per heavy atom. The molecule has 1 unspecified atom stereocenters. The van der Waals surface area contributed by atoms with Crippen molar-refractivity contribution in [1.82, 2.24) is 15.0 Å². The van der Waals surface area contributed by atoms with Crippen LogP contribution in [0.5, 0.6) is 0 Å². The van der Waals surface area contributed by atoms with Gasteiger partial charge in [0.05, 0.1) is 22.3 Å². The maximum Gasteiger partial charge on any atom is 0.338 e. The molecule has 0 fully saturated rings. The number of ether oxygens (including phenoxy) is 1. The molecule has 0 spiro atoms. The number of nitrogens with one attached hydrogen (secondary N) is 2. The molecule has 0 bridgehead atoms. The minimum Gasteiger partial charge on any atom is -0.449 e. The van der Waals surface area contributed by atoms with E-state index >= 15 is 0 Å². The Morgan fingerprint density at radius 1 is 1.16 bits per heavy atom. The molecule has 8 heteroatoms. The number of aromatic nitrogens is 3. The van der Waals surface area contributed by atoms with E-state index in [1.807, 2.05) is 30.3 Å². The number of amides is 1. The average Bonchev–Trinajstić information content (AvgIpc) is 3.23. The van der Waals surface area contributed by atoms with Crippen LogP contribution in [0.25, 0.3) is 22.4 Å². The number of nitrogens with zero attached hydrogens (tertiary/aromatic N) is 2. The van der Waals surface area contributed by atoms with E-state index < -0.39 is 12.1 Å². The number of fused-ring (bicyclic) bond motifs is 1. The lowest BCUT2D eigenvalue weighted by molar-refractivity contribution is -0.124. The summed E-state index contributed by atoms with van der Waals surface area (Å²) in [6, 6.07) is 16.0. The first kappa shape index (κ1) is 20.7. The molecular weight excluding hydrogens is 460 g/mol. The number of hydrogen-bond acceptors (Lipinski definition) is 5. The van der Waals surface area contributed by atoms with Gasteiger partial charge in [0.15, 0.2) is 6.10 Å². The van der Waals surface area contributed by atoms with Gasteiger partial charge in [0.25, 0.3) is 5.91 Å². The molecule has 7 nitrogen and oxygen atoms in total. The first-order chi connectivity index (χ1) is 15.0. The summed E-state index contributed by atoms with van der Waals surface area (Å²) in [7, 11) is 0. The Balaban J connectivity index is 1.50. The normalized spacial score (nSPS) is 11.8. The van der Waals surface area contributed by atoms with Crippen LogP contribution < -0.4 is 5.32 Å². The van der Waals surface area contributed by atoms with E-state index in [1.54, 1.807) is 43.6 Å². The Kier molecular flexibility index (Phi) is 6.08. The minimum absolute atomic E-state index is 0.334. The molecule has 2 heterocycles. The summed E-state index contributed by atoms with van der Waals surface area (Å²) in [6.07, 6.45) is 2.84. The fraction of sp³-hybridized carbons (Fsp3) is 0.130. The number of hydrogen-bond donors (Lipinski definition) is 2. The zero-order valence-electron chi connectivity index (χ0n) is 16.6. The molecule has 0 saturated carbocycles. The molecule has 2 aromatic heterocycles. The number of benzene rings is 2. The van der Waals surface area contributed by atoms with Crippen molar-refractivity contribution in [2.24, 2.45) is 0 Å². The third-order valence-electron chi connectivity index (χ3n) is 4.70. The second-order valence-corrected chi connectivity index (χ2v) is 7.68. The number of H-pyrrole nitrogens is 1. The van der Waals surface area contributed by atoms with Crippen LogP contribution in [0.3, 0.4) is 0 Å². The van der Waals surface area contributed by atoms with E-state index in [-0.39, 0.29) is 5.91 Å². The summed E-state index contributed by atoms with van der Waals surface area (Å²) >= 11 is 3.39. The third-order valence-corrected chi connectivity index (χ3v) is 5.39. The second kappa shape index (κ2) is 9.09. The van der Waals surface area contributed by atoms with Gasteiger partial charge in [-0.05, 0) is 64.8 Å². The maximum absolute atomic E-state index is 12.7. The minimum atomic E-state index is -0.914. The van der Waals surface area contributed by atoms with Crippen molar-refractivity contribution in [3.8, 4) is 11.4 Å². The molecule has 1 atom stereocenters. The Bertz CT molecular complexity index is 1240. The smallest absolute Gasteiger partial charge is 0.338 e. The molecule has 31 heavy (non-hydrogen) atoms. The molecule has 0 aliphatic carbocycles. The quantitative estimate of drug-likeness (QED) is 0.381. The summed E-state index contributed by atoms with van der Waals surface area (Å²) in [4.78, 5) is 37.1. The zero-order chi connectivity index (χ0) is 21.8. The molecule has 0 saturated heterocycles. The van der Waals surface area contributed by atoms with Crippen LogP contribution in [-0.4, -0.2) is 32.9 Å². The van der Waals surface area contributed by atoms with Gasteiger partial charge in [0.1, 0.15) is 5.82 Å². The Labute approximate surface area is 187 Å². The molecule has 0 aliphatic heterocycles. The van der Waals surface area contributed by atoms with Gasteiger partial charge in [0.2, 0.25) is 0 Å². The van der Waals surface area contributed by atoms with Gasteiger partial charge in [0, 0.05) is 22.4 Å². The van der Waals surface area contributed by atoms with Crippen LogP contribution in [-0.2, 0) is 9.53 Å². The highest BCUT2D eigenvalue weighted by Crippen LogP contribution is 2.23. The van der Waals surface area contributed by atoms with Crippen LogP contribution in [0.4, 0.5) is 5.69 Å². The SMILES string of the molecule is CCC(OC(=O)c1ccc2nc(-c3cccnc3)[nH]c2c1)C(=O)Nc1ccccc1Br. The highest BCUT2D eigenvalue weighted by atomic mass is 79.9. The van der Waals surface area contributed by atoms with Gasteiger partial charge in [-0.2, -0.15) is 0 Å². The van der Waals surface area contributed by atoms with Crippen molar-refractivity contribution < 1.29 is 14.3 Å². The van der Waals surface area contributed by atoms with Crippen molar-refractivity contribution in [3.05, 3.63) is 77.0 Å². The van der Waals surface area contributed by atoms with E-state index in [0.717, 1.165) is 10.0 Å². The molecule has 1 amide bonds. The number of anilines is 1. The van der Waals surface area contributed by atoms with Crippen LogP contribution in [0.2, 0.25) is 0 Å². The number of halogens is 1. The van der Waals surface area contributed by atoms with Crippen LogP contribution in [0, 0.1) is 0 Å². The second-order valence-electron chi connectivity index (χ2n) is 6.83. The monoisotopic (exact) mass is 478 g/mol. The summed E-state index contributed by atoms with van der Waals surface area (Å²) in [5.41, 5.74) is 3.20. The van der Waals surface area contributed by atoms with Gasteiger partial charge in [-0.3, -0.25) is 9.78 Å². The predicted octanol–water partition coefficient (Wildman–Crippen LogP) is 4.96.